The van der Waals surface area contributed by atoms with E-state index >= 15 is 0 Å². The molecule has 0 rings (SSSR count). The van der Waals surface area contributed by atoms with Crippen molar-refractivity contribution in [2.75, 3.05) is 6.61 Å². The van der Waals surface area contributed by atoms with E-state index < -0.39 is 0 Å². The Morgan fingerprint density at radius 2 is 2.22 bits per heavy atom. The molecule has 0 spiro atoms. The number of hydrogen-bond donors (Lipinski definition) is 1. The third-order valence-corrected chi connectivity index (χ3v) is 1.12. The maximum atomic E-state index is 8.44. The first-order valence-electron chi connectivity index (χ1n) is 3.19. The third-order valence-electron chi connectivity index (χ3n) is 1.12. The summed E-state index contributed by atoms with van der Waals surface area (Å²) in [5.74, 6) is 0. The second-order valence-electron chi connectivity index (χ2n) is 2.01. The van der Waals surface area contributed by atoms with Gasteiger partial charge >= 0.3 is 0 Å². The summed E-state index contributed by atoms with van der Waals surface area (Å²) in [5, 5.41) is 8.44. The smallest absolute Gasteiger partial charge is 0.0615 e. The topological polar surface area (TPSA) is 20.2 Å². The van der Waals surface area contributed by atoms with Gasteiger partial charge in [0.15, 0.2) is 0 Å². The Labute approximate surface area is 56.7 Å². The molecule has 0 aromatic carbocycles. The molecule has 0 unspecified atom stereocenters. The predicted octanol–water partition coefficient (Wildman–Crippen LogP) is 1.89. The van der Waals surface area contributed by atoms with Crippen LogP contribution in [-0.4, -0.2) is 11.7 Å². The Bertz CT molecular complexity index is 112. The summed E-state index contributed by atoms with van der Waals surface area (Å²) in [7, 11) is 0. The zero-order chi connectivity index (χ0) is 7.11. The Morgan fingerprint density at radius 1 is 1.56 bits per heavy atom. The van der Waals surface area contributed by atoms with Gasteiger partial charge in [0, 0.05) is 0 Å². The molecule has 0 fully saturated rings. The van der Waals surface area contributed by atoms with Crippen molar-refractivity contribution in [1.82, 2.24) is 0 Å². The fraction of sp³-hybridized carbons (Fsp3) is 0.500. The highest BCUT2D eigenvalue weighted by atomic mass is 16.2. The van der Waals surface area contributed by atoms with E-state index in [0.717, 1.165) is 6.42 Å². The van der Waals surface area contributed by atoms with Gasteiger partial charge < -0.3 is 5.11 Å². The van der Waals surface area contributed by atoms with Crippen molar-refractivity contribution in [3.8, 4) is 0 Å². The first-order chi connectivity index (χ1) is 4.31. The molecule has 0 radical (unpaired) electrons. The molecule has 0 saturated carbocycles. The maximum absolute atomic E-state index is 8.44. The van der Waals surface area contributed by atoms with E-state index in [-0.39, 0.29) is 6.61 Å². The van der Waals surface area contributed by atoms with E-state index in [0.29, 0.717) is 0 Å². The van der Waals surface area contributed by atoms with Gasteiger partial charge in [-0.05, 0) is 20.3 Å². The molecule has 52 valence electrons. The van der Waals surface area contributed by atoms with Crippen LogP contribution in [0.5, 0.6) is 0 Å². The molecule has 0 heterocycles. The molecule has 1 N–H and O–H groups in total. The molecule has 1 heteroatoms. The minimum Gasteiger partial charge on any atom is -0.392 e. The summed E-state index contributed by atoms with van der Waals surface area (Å²) in [6.07, 6.45) is 6.85. The van der Waals surface area contributed by atoms with Gasteiger partial charge in [-0.1, -0.05) is 23.8 Å². The molecule has 0 atom stereocenters. The van der Waals surface area contributed by atoms with Crippen molar-refractivity contribution >= 4 is 0 Å². The van der Waals surface area contributed by atoms with Crippen LogP contribution in [0.15, 0.2) is 23.8 Å². The number of allylic oxidation sites excluding steroid dienone is 3. The first kappa shape index (κ1) is 8.44. The maximum Gasteiger partial charge on any atom is 0.0615 e. The lowest BCUT2D eigenvalue weighted by Crippen LogP contribution is -1.77. The van der Waals surface area contributed by atoms with Gasteiger partial charge in [0.1, 0.15) is 0 Å². The average Bonchev–Trinajstić information content (AvgIpc) is 1.85. The molecule has 0 aliphatic carbocycles. The van der Waals surface area contributed by atoms with Crippen molar-refractivity contribution in [2.45, 2.75) is 20.3 Å². The van der Waals surface area contributed by atoms with Gasteiger partial charge in [-0.15, -0.1) is 0 Å². The zero-order valence-corrected chi connectivity index (χ0v) is 6.09. The summed E-state index contributed by atoms with van der Waals surface area (Å²) in [5.41, 5.74) is 1.22. The standard InChI is InChI=1S/C8H14O/c1-3-4-5-8(2)6-7-9/h3-4,6,9H,5,7H2,1-2H3. The van der Waals surface area contributed by atoms with Crippen molar-refractivity contribution in [2.24, 2.45) is 0 Å². The Kier molecular flexibility index (Phi) is 5.23. The monoisotopic (exact) mass is 126 g/mol. The normalized spacial score (nSPS) is 13.0. The molecule has 0 aromatic rings. The summed E-state index contributed by atoms with van der Waals surface area (Å²) in [4.78, 5) is 0. The predicted molar refractivity (Wildman–Crippen MR) is 40.3 cm³/mol. The molecule has 0 aliphatic rings. The molecular formula is C8H14O. The van der Waals surface area contributed by atoms with E-state index in [1.165, 1.54) is 5.57 Å². The van der Waals surface area contributed by atoms with Crippen LogP contribution < -0.4 is 0 Å². The molecular weight excluding hydrogens is 112 g/mol. The second kappa shape index (κ2) is 5.57. The van der Waals surface area contributed by atoms with Crippen LogP contribution in [0.3, 0.4) is 0 Å². The summed E-state index contributed by atoms with van der Waals surface area (Å²) < 4.78 is 0. The van der Waals surface area contributed by atoms with Crippen LogP contribution in [-0.2, 0) is 0 Å². The highest BCUT2D eigenvalue weighted by Crippen LogP contribution is 1.98. The van der Waals surface area contributed by atoms with Crippen molar-refractivity contribution in [1.29, 1.82) is 0 Å². The second-order valence-corrected chi connectivity index (χ2v) is 2.01. The number of rotatable bonds is 3. The van der Waals surface area contributed by atoms with E-state index in [1.54, 1.807) is 0 Å². The quantitative estimate of drug-likeness (QED) is 0.572. The van der Waals surface area contributed by atoms with Crippen LogP contribution >= 0.6 is 0 Å². The van der Waals surface area contributed by atoms with Crippen molar-refractivity contribution in [3.05, 3.63) is 23.8 Å². The minimum atomic E-state index is 0.156. The van der Waals surface area contributed by atoms with Gasteiger partial charge in [0.25, 0.3) is 0 Å². The SMILES string of the molecule is CC=CCC(C)=CCO. The summed E-state index contributed by atoms with van der Waals surface area (Å²) in [6.45, 7) is 4.16. The Balaban J connectivity index is 3.49. The van der Waals surface area contributed by atoms with Gasteiger partial charge in [0.2, 0.25) is 0 Å². The van der Waals surface area contributed by atoms with Crippen LogP contribution in [0.1, 0.15) is 20.3 Å². The largest absolute Gasteiger partial charge is 0.392 e. The minimum absolute atomic E-state index is 0.156. The lowest BCUT2D eigenvalue weighted by atomic mass is 10.2. The van der Waals surface area contributed by atoms with Crippen LogP contribution in [0.25, 0.3) is 0 Å². The number of hydrogen-bond acceptors (Lipinski definition) is 1. The number of aliphatic hydroxyl groups excluding tert-OH is 1. The van der Waals surface area contributed by atoms with Crippen LogP contribution in [0.4, 0.5) is 0 Å². The van der Waals surface area contributed by atoms with Gasteiger partial charge in [-0.25, -0.2) is 0 Å². The molecule has 9 heavy (non-hydrogen) atoms. The van der Waals surface area contributed by atoms with E-state index in [1.807, 2.05) is 26.0 Å². The van der Waals surface area contributed by atoms with Gasteiger partial charge in [-0.2, -0.15) is 0 Å². The van der Waals surface area contributed by atoms with E-state index in [2.05, 4.69) is 6.08 Å². The Hall–Kier alpha value is -0.560. The van der Waals surface area contributed by atoms with E-state index in [4.69, 9.17) is 5.11 Å². The highest BCUT2D eigenvalue weighted by molar-refractivity contribution is 5.03. The fourth-order valence-corrected chi connectivity index (χ4v) is 0.543. The zero-order valence-electron chi connectivity index (χ0n) is 6.09. The highest BCUT2D eigenvalue weighted by Gasteiger charge is 1.80. The van der Waals surface area contributed by atoms with Crippen molar-refractivity contribution in [3.63, 3.8) is 0 Å². The molecule has 0 amide bonds. The lowest BCUT2D eigenvalue weighted by molar-refractivity contribution is 0.341. The first-order valence-corrected chi connectivity index (χ1v) is 3.19. The summed E-state index contributed by atoms with van der Waals surface area (Å²) >= 11 is 0. The lowest BCUT2D eigenvalue weighted by Gasteiger charge is -1.91. The van der Waals surface area contributed by atoms with Gasteiger partial charge in [-0.3, -0.25) is 0 Å². The molecule has 0 bridgehead atoms. The van der Waals surface area contributed by atoms with Crippen LogP contribution in [0.2, 0.25) is 0 Å². The third kappa shape index (κ3) is 5.31. The summed E-state index contributed by atoms with van der Waals surface area (Å²) in [6, 6.07) is 0. The van der Waals surface area contributed by atoms with Gasteiger partial charge in [0.05, 0.1) is 6.61 Å². The molecule has 0 aromatic heterocycles. The van der Waals surface area contributed by atoms with Crippen molar-refractivity contribution < 1.29 is 5.11 Å². The molecule has 0 saturated heterocycles. The Morgan fingerprint density at radius 3 is 2.67 bits per heavy atom. The molecule has 1 nitrogen and oxygen atoms in total. The average molecular weight is 126 g/mol. The van der Waals surface area contributed by atoms with E-state index in [9.17, 15) is 0 Å². The number of aliphatic hydroxyl groups is 1. The molecule has 0 aliphatic heterocycles. The fourth-order valence-electron chi connectivity index (χ4n) is 0.543. The van der Waals surface area contributed by atoms with Crippen LogP contribution in [0, 0.1) is 0 Å².